The van der Waals surface area contributed by atoms with Gasteiger partial charge in [-0.3, -0.25) is 4.79 Å². The Morgan fingerprint density at radius 1 is 1.34 bits per heavy atom. The van der Waals surface area contributed by atoms with Gasteiger partial charge in [0.05, 0.1) is 27.7 Å². The van der Waals surface area contributed by atoms with Crippen molar-refractivity contribution in [1.29, 1.82) is 0 Å². The summed E-state index contributed by atoms with van der Waals surface area (Å²) in [5, 5.41) is 0. The standard InChI is InChI=1S/C22H25N3O3S/c1-22(2,3)28-21(27)24-10-11-25-17(13-24)12-16(20(25)26)8-4-6-15-7-5-9-18-19(15)29-14-23-18/h5,7,9,14,16-17H,8,10-13H2,1-3H3/t16?,17-/m0/s1. The van der Waals surface area contributed by atoms with Crippen molar-refractivity contribution in [3.05, 3.63) is 29.3 Å². The van der Waals surface area contributed by atoms with Crippen molar-refractivity contribution in [2.24, 2.45) is 5.92 Å². The van der Waals surface area contributed by atoms with E-state index in [0.29, 0.717) is 26.1 Å². The molecule has 3 heterocycles. The van der Waals surface area contributed by atoms with Gasteiger partial charge in [0.25, 0.3) is 0 Å². The summed E-state index contributed by atoms with van der Waals surface area (Å²) in [5.41, 5.74) is 3.23. The number of fused-ring (bicyclic) bond motifs is 2. The minimum atomic E-state index is -0.515. The molecule has 1 aromatic heterocycles. The third kappa shape index (κ3) is 4.23. The summed E-state index contributed by atoms with van der Waals surface area (Å²) in [6.07, 6.45) is 0.968. The molecule has 1 aromatic carbocycles. The first-order valence-corrected chi connectivity index (χ1v) is 10.8. The highest BCUT2D eigenvalue weighted by molar-refractivity contribution is 7.17. The molecule has 1 unspecified atom stereocenters. The Labute approximate surface area is 174 Å². The van der Waals surface area contributed by atoms with Crippen LogP contribution < -0.4 is 0 Å². The normalized spacial score (nSPS) is 21.7. The molecule has 0 aliphatic carbocycles. The molecule has 2 atom stereocenters. The summed E-state index contributed by atoms with van der Waals surface area (Å²) in [6.45, 7) is 7.20. The molecule has 2 aliphatic rings. The lowest BCUT2D eigenvalue weighted by Gasteiger charge is -2.38. The zero-order valence-electron chi connectivity index (χ0n) is 17.0. The lowest BCUT2D eigenvalue weighted by molar-refractivity contribution is -0.133. The van der Waals surface area contributed by atoms with Crippen LogP contribution in [0, 0.1) is 17.8 Å². The van der Waals surface area contributed by atoms with Crippen LogP contribution in [0.15, 0.2) is 23.7 Å². The average molecular weight is 412 g/mol. The molecule has 2 amide bonds. The molecular formula is C22H25N3O3S. The van der Waals surface area contributed by atoms with E-state index >= 15 is 0 Å². The molecule has 2 aliphatic heterocycles. The summed E-state index contributed by atoms with van der Waals surface area (Å²) in [7, 11) is 0. The number of carbonyl (C=O) groups is 2. The first kappa shape index (κ1) is 19.7. The van der Waals surface area contributed by atoms with Crippen molar-refractivity contribution in [3.8, 4) is 11.8 Å². The number of benzene rings is 1. The Hall–Kier alpha value is -2.59. The number of carbonyl (C=O) groups excluding carboxylic acids is 2. The smallest absolute Gasteiger partial charge is 0.410 e. The van der Waals surface area contributed by atoms with Crippen LogP contribution in [0.5, 0.6) is 0 Å². The van der Waals surface area contributed by atoms with Gasteiger partial charge in [0.2, 0.25) is 5.91 Å². The van der Waals surface area contributed by atoms with Gasteiger partial charge >= 0.3 is 6.09 Å². The quantitative estimate of drug-likeness (QED) is 0.674. The fraction of sp³-hybridized carbons (Fsp3) is 0.500. The summed E-state index contributed by atoms with van der Waals surface area (Å²) >= 11 is 1.58. The molecule has 6 nitrogen and oxygen atoms in total. The molecule has 2 fully saturated rings. The SMILES string of the molecule is CC(C)(C)OC(=O)N1CCN2C(=O)C(CC#Cc3cccc4ncsc34)C[C@H]2C1. The number of aromatic nitrogens is 1. The van der Waals surface area contributed by atoms with E-state index in [2.05, 4.69) is 16.8 Å². The monoisotopic (exact) mass is 411 g/mol. The van der Waals surface area contributed by atoms with Crippen molar-refractivity contribution in [3.63, 3.8) is 0 Å². The van der Waals surface area contributed by atoms with Crippen LogP contribution in [0.1, 0.15) is 39.2 Å². The van der Waals surface area contributed by atoms with Crippen LogP contribution in [0.25, 0.3) is 10.2 Å². The maximum atomic E-state index is 12.8. The third-order valence-corrected chi connectivity index (χ3v) is 6.13. The summed E-state index contributed by atoms with van der Waals surface area (Å²) in [5.74, 6) is 6.48. The number of hydrogen-bond acceptors (Lipinski definition) is 5. The molecule has 4 rings (SSSR count). The average Bonchev–Trinajstić information content (AvgIpc) is 3.25. The molecule has 0 saturated carbocycles. The van der Waals surface area contributed by atoms with Gasteiger partial charge in [-0.2, -0.15) is 0 Å². The number of hydrogen-bond donors (Lipinski definition) is 0. The van der Waals surface area contributed by atoms with Gasteiger partial charge in [-0.25, -0.2) is 9.78 Å². The summed E-state index contributed by atoms with van der Waals surface area (Å²) in [6, 6.07) is 5.98. The lowest BCUT2D eigenvalue weighted by Crippen LogP contribution is -2.54. The highest BCUT2D eigenvalue weighted by Crippen LogP contribution is 2.30. The van der Waals surface area contributed by atoms with Gasteiger partial charge in [0.15, 0.2) is 0 Å². The first-order chi connectivity index (χ1) is 13.8. The van der Waals surface area contributed by atoms with E-state index in [1.54, 1.807) is 16.2 Å². The van der Waals surface area contributed by atoms with E-state index in [4.69, 9.17) is 4.74 Å². The summed E-state index contributed by atoms with van der Waals surface area (Å²) < 4.78 is 6.57. The molecule has 29 heavy (non-hydrogen) atoms. The second kappa shape index (κ2) is 7.68. The summed E-state index contributed by atoms with van der Waals surface area (Å²) in [4.78, 5) is 33.1. The Kier molecular flexibility index (Phi) is 5.22. The topological polar surface area (TPSA) is 62.7 Å². The minimum absolute atomic E-state index is 0.0560. The number of ether oxygens (including phenoxy) is 1. The second-order valence-electron chi connectivity index (χ2n) is 8.56. The van der Waals surface area contributed by atoms with Crippen molar-refractivity contribution < 1.29 is 14.3 Å². The Bertz CT molecular complexity index is 998. The third-order valence-electron chi connectivity index (χ3n) is 5.25. The lowest BCUT2D eigenvalue weighted by atomic mass is 10.0. The van der Waals surface area contributed by atoms with Crippen LogP contribution in [-0.2, 0) is 9.53 Å². The number of thiazole rings is 1. The van der Waals surface area contributed by atoms with E-state index in [1.807, 2.05) is 49.4 Å². The highest BCUT2D eigenvalue weighted by Gasteiger charge is 2.43. The van der Waals surface area contributed by atoms with E-state index < -0.39 is 5.60 Å². The fourth-order valence-electron chi connectivity index (χ4n) is 3.93. The molecule has 0 radical (unpaired) electrons. The van der Waals surface area contributed by atoms with E-state index in [1.165, 1.54) is 0 Å². The molecule has 7 heteroatoms. The number of piperazine rings is 1. The molecule has 2 saturated heterocycles. The maximum Gasteiger partial charge on any atom is 0.410 e. The predicted molar refractivity (Wildman–Crippen MR) is 113 cm³/mol. The predicted octanol–water partition coefficient (Wildman–Crippen LogP) is 3.51. The van der Waals surface area contributed by atoms with Crippen LogP contribution >= 0.6 is 11.3 Å². The molecular weight excluding hydrogens is 386 g/mol. The van der Waals surface area contributed by atoms with Crippen LogP contribution in [-0.4, -0.2) is 58.1 Å². The van der Waals surface area contributed by atoms with Crippen molar-refractivity contribution >= 4 is 33.6 Å². The van der Waals surface area contributed by atoms with Crippen molar-refractivity contribution in [2.75, 3.05) is 19.6 Å². The number of nitrogens with zero attached hydrogens (tertiary/aromatic N) is 3. The second-order valence-corrected chi connectivity index (χ2v) is 9.41. The van der Waals surface area contributed by atoms with Gasteiger partial charge in [-0.05, 0) is 39.3 Å². The Morgan fingerprint density at radius 3 is 2.97 bits per heavy atom. The maximum absolute atomic E-state index is 12.8. The first-order valence-electron chi connectivity index (χ1n) is 9.91. The van der Waals surface area contributed by atoms with Gasteiger partial charge < -0.3 is 14.5 Å². The van der Waals surface area contributed by atoms with Crippen molar-refractivity contribution in [1.82, 2.24) is 14.8 Å². The number of rotatable bonds is 1. The molecule has 152 valence electrons. The van der Waals surface area contributed by atoms with Gasteiger partial charge in [0, 0.05) is 31.6 Å². The molecule has 0 N–H and O–H groups in total. The Balaban J connectivity index is 1.39. The molecule has 0 bridgehead atoms. The largest absolute Gasteiger partial charge is 0.444 e. The molecule has 0 spiro atoms. The van der Waals surface area contributed by atoms with Crippen LogP contribution in [0.4, 0.5) is 4.79 Å². The Morgan fingerprint density at radius 2 is 2.17 bits per heavy atom. The van der Waals surface area contributed by atoms with Gasteiger partial charge in [-0.1, -0.05) is 17.9 Å². The van der Waals surface area contributed by atoms with E-state index in [9.17, 15) is 9.59 Å². The zero-order valence-corrected chi connectivity index (χ0v) is 17.8. The van der Waals surface area contributed by atoms with E-state index in [0.717, 1.165) is 22.2 Å². The van der Waals surface area contributed by atoms with Gasteiger partial charge in [-0.15, -0.1) is 11.3 Å². The minimum Gasteiger partial charge on any atom is -0.444 e. The highest BCUT2D eigenvalue weighted by atomic mass is 32.1. The van der Waals surface area contributed by atoms with Crippen molar-refractivity contribution in [2.45, 2.75) is 45.3 Å². The number of amides is 2. The van der Waals surface area contributed by atoms with Crippen LogP contribution in [0.2, 0.25) is 0 Å². The van der Waals surface area contributed by atoms with Gasteiger partial charge in [0.1, 0.15) is 5.60 Å². The van der Waals surface area contributed by atoms with E-state index in [-0.39, 0.29) is 24.0 Å². The molecule has 2 aromatic rings. The fourth-order valence-corrected chi connectivity index (χ4v) is 4.69. The van der Waals surface area contributed by atoms with Crippen LogP contribution in [0.3, 0.4) is 0 Å². The zero-order chi connectivity index (χ0) is 20.6.